The van der Waals surface area contributed by atoms with Gasteiger partial charge in [0.1, 0.15) is 5.69 Å². The first-order valence-electron chi connectivity index (χ1n) is 12.1. The van der Waals surface area contributed by atoms with Crippen LogP contribution in [0.5, 0.6) is 0 Å². The molecule has 0 fully saturated rings. The van der Waals surface area contributed by atoms with Gasteiger partial charge in [0.15, 0.2) is 0 Å². The minimum Gasteiger partial charge on any atom is -0.323 e. The minimum atomic E-state index is -0.259. The summed E-state index contributed by atoms with van der Waals surface area (Å²) < 4.78 is 0. The van der Waals surface area contributed by atoms with E-state index in [1.54, 1.807) is 18.3 Å². The van der Waals surface area contributed by atoms with Gasteiger partial charge in [0, 0.05) is 23.2 Å². The Morgan fingerprint density at radius 2 is 1.68 bits per heavy atom. The van der Waals surface area contributed by atoms with E-state index in [-0.39, 0.29) is 5.91 Å². The Balaban J connectivity index is 1.35. The van der Waals surface area contributed by atoms with Gasteiger partial charge in [0.05, 0.1) is 23.1 Å². The maximum atomic E-state index is 12.9. The van der Waals surface area contributed by atoms with Crippen LogP contribution in [0.4, 0.5) is 17.3 Å². The summed E-state index contributed by atoms with van der Waals surface area (Å²) in [4.78, 5) is 28.8. The first kappa shape index (κ1) is 24.1. The number of para-hydroxylation sites is 1. The van der Waals surface area contributed by atoms with Gasteiger partial charge in [-0.05, 0) is 56.4 Å². The third-order valence-corrected chi connectivity index (χ3v) is 5.95. The van der Waals surface area contributed by atoms with Crippen molar-refractivity contribution in [2.75, 3.05) is 24.7 Å². The zero-order chi connectivity index (χ0) is 25.8. The summed E-state index contributed by atoms with van der Waals surface area (Å²) in [5, 5.41) is 7.21. The van der Waals surface area contributed by atoms with Crippen molar-refractivity contribution in [2.45, 2.75) is 13.5 Å². The van der Waals surface area contributed by atoms with Gasteiger partial charge in [0.25, 0.3) is 5.91 Å². The molecule has 2 aromatic heterocycles. The average molecular weight is 489 g/mol. The number of aromatic nitrogens is 3. The van der Waals surface area contributed by atoms with Gasteiger partial charge < -0.3 is 15.5 Å². The molecule has 7 nitrogen and oxygen atoms in total. The van der Waals surface area contributed by atoms with Gasteiger partial charge in [-0.2, -0.15) is 0 Å². The third-order valence-electron chi connectivity index (χ3n) is 5.95. The maximum Gasteiger partial charge on any atom is 0.274 e. The van der Waals surface area contributed by atoms with Gasteiger partial charge >= 0.3 is 0 Å². The van der Waals surface area contributed by atoms with Crippen molar-refractivity contribution in [1.29, 1.82) is 0 Å². The van der Waals surface area contributed by atoms with E-state index in [1.165, 1.54) is 0 Å². The molecule has 0 bridgehead atoms. The van der Waals surface area contributed by atoms with E-state index in [9.17, 15) is 4.79 Å². The fraction of sp³-hybridized carbons (Fsp3) is 0.133. The Bertz CT molecular complexity index is 1550. The highest BCUT2D eigenvalue weighted by molar-refractivity contribution is 6.03. The van der Waals surface area contributed by atoms with Crippen molar-refractivity contribution >= 4 is 34.1 Å². The molecule has 184 valence electrons. The molecular weight excluding hydrogens is 460 g/mol. The van der Waals surface area contributed by atoms with E-state index in [4.69, 9.17) is 4.98 Å². The van der Waals surface area contributed by atoms with Crippen LogP contribution >= 0.6 is 0 Å². The van der Waals surface area contributed by atoms with Gasteiger partial charge in [-0.15, -0.1) is 0 Å². The van der Waals surface area contributed by atoms with Crippen LogP contribution in [0.25, 0.3) is 22.2 Å². The summed E-state index contributed by atoms with van der Waals surface area (Å²) in [6.07, 6.45) is 1.62. The number of rotatable bonds is 7. The lowest BCUT2D eigenvalue weighted by molar-refractivity contribution is 0.102. The van der Waals surface area contributed by atoms with Crippen molar-refractivity contribution in [3.63, 3.8) is 0 Å². The van der Waals surface area contributed by atoms with Crippen LogP contribution in [-0.2, 0) is 6.54 Å². The van der Waals surface area contributed by atoms with Crippen molar-refractivity contribution < 1.29 is 4.79 Å². The molecule has 5 aromatic rings. The van der Waals surface area contributed by atoms with E-state index in [0.29, 0.717) is 17.3 Å². The number of benzene rings is 3. The second-order valence-corrected chi connectivity index (χ2v) is 9.18. The maximum absolute atomic E-state index is 12.9. The number of carbonyl (C=O) groups excluding carboxylic acids is 1. The Morgan fingerprint density at radius 3 is 2.43 bits per heavy atom. The minimum absolute atomic E-state index is 0.259. The van der Waals surface area contributed by atoms with Crippen LogP contribution in [0, 0.1) is 6.92 Å². The van der Waals surface area contributed by atoms with E-state index in [2.05, 4.69) is 31.6 Å². The highest BCUT2D eigenvalue weighted by atomic mass is 16.1. The molecule has 0 aliphatic heterocycles. The molecule has 2 N–H and O–H groups in total. The number of anilines is 3. The SMILES string of the molecule is Cc1ccc(CN(C)C)cc1NC(=O)c1ccc(Nc2nc(-c3ccccc3)c3ccccc3n2)cn1. The first-order valence-corrected chi connectivity index (χ1v) is 12.1. The van der Waals surface area contributed by atoms with Crippen molar-refractivity contribution in [3.8, 4) is 11.3 Å². The molecule has 37 heavy (non-hydrogen) atoms. The Labute approximate surface area is 216 Å². The lowest BCUT2D eigenvalue weighted by Crippen LogP contribution is -2.15. The van der Waals surface area contributed by atoms with Crippen LogP contribution in [-0.4, -0.2) is 39.9 Å². The number of nitrogens with one attached hydrogen (secondary N) is 2. The molecule has 0 spiro atoms. The number of carbonyl (C=O) groups is 1. The first-order chi connectivity index (χ1) is 18.0. The molecule has 0 atom stereocenters. The molecule has 3 aromatic carbocycles. The summed E-state index contributed by atoms with van der Waals surface area (Å²) in [6.45, 7) is 2.77. The summed E-state index contributed by atoms with van der Waals surface area (Å²) >= 11 is 0. The predicted octanol–water partition coefficient (Wildman–Crippen LogP) is 6.06. The van der Waals surface area contributed by atoms with E-state index >= 15 is 0 Å². The Hall–Kier alpha value is -4.62. The molecular formula is C30H28N6O. The zero-order valence-electron chi connectivity index (χ0n) is 21.1. The molecule has 1 amide bonds. The molecule has 7 heteroatoms. The van der Waals surface area contributed by atoms with Crippen LogP contribution < -0.4 is 10.6 Å². The van der Waals surface area contributed by atoms with Gasteiger partial charge in [0.2, 0.25) is 5.95 Å². The summed E-state index contributed by atoms with van der Waals surface area (Å²) in [7, 11) is 4.03. The average Bonchev–Trinajstić information content (AvgIpc) is 2.91. The van der Waals surface area contributed by atoms with Crippen LogP contribution in [0.1, 0.15) is 21.6 Å². The molecule has 0 aliphatic rings. The number of hydrogen-bond donors (Lipinski definition) is 2. The standard InChI is InChI=1S/C30H28N6O/c1-20-13-14-21(19-36(2)3)17-27(20)33-29(37)26-16-15-23(18-31-26)32-30-34-25-12-8-7-11-24(25)28(35-30)22-9-5-4-6-10-22/h4-18H,19H2,1-3H3,(H,33,37)(H,32,34,35). The number of fused-ring (bicyclic) bond motifs is 1. The quantitative estimate of drug-likeness (QED) is 0.290. The van der Waals surface area contributed by atoms with Crippen LogP contribution in [0.15, 0.2) is 91.1 Å². The molecule has 0 radical (unpaired) electrons. The molecule has 0 unspecified atom stereocenters. The van der Waals surface area contributed by atoms with Crippen molar-refractivity contribution in [1.82, 2.24) is 19.9 Å². The second kappa shape index (κ2) is 10.6. The normalized spacial score (nSPS) is 11.0. The fourth-order valence-electron chi connectivity index (χ4n) is 4.13. The summed E-state index contributed by atoms with van der Waals surface area (Å²) in [6, 6.07) is 27.6. The molecule has 2 heterocycles. The highest BCUT2D eigenvalue weighted by Crippen LogP contribution is 2.28. The zero-order valence-corrected chi connectivity index (χ0v) is 21.1. The van der Waals surface area contributed by atoms with E-state index in [0.717, 1.165) is 45.5 Å². The second-order valence-electron chi connectivity index (χ2n) is 9.18. The third kappa shape index (κ3) is 5.63. The number of nitrogens with zero attached hydrogens (tertiary/aromatic N) is 4. The summed E-state index contributed by atoms with van der Waals surface area (Å²) in [5.74, 6) is 0.204. The topological polar surface area (TPSA) is 83.0 Å². The summed E-state index contributed by atoms with van der Waals surface area (Å²) in [5.41, 5.74) is 6.63. The molecule has 5 rings (SSSR count). The lowest BCUT2D eigenvalue weighted by atomic mass is 10.1. The fourth-order valence-corrected chi connectivity index (χ4v) is 4.13. The van der Waals surface area contributed by atoms with E-state index < -0.39 is 0 Å². The predicted molar refractivity (Wildman–Crippen MR) is 149 cm³/mol. The number of aryl methyl sites for hydroxylation is 1. The van der Waals surface area contributed by atoms with Crippen LogP contribution in [0.2, 0.25) is 0 Å². The number of amides is 1. The lowest BCUT2D eigenvalue weighted by Gasteiger charge is -2.14. The van der Waals surface area contributed by atoms with Crippen molar-refractivity contribution in [3.05, 3.63) is 108 Å². The Morgan fingerprint density at radius 1 is 0.892 bits per heavy atom. The largest absolute Gasteiger partial charge is 0.323 e. The van der Waals surface area contributed by atoms with Crippen LogP contribution in [0.3, 0.4) is 0 Å². The molecule has 0 aliphatic carbocycles. The molecule has 0 saturated heterocycles. The Kier molecular flexibility index (Phi) is 6.87. The van der Waals surface area contributed by atoms with Gasteiger partial charge in [-0.1, -0.05) is 60.7 Å². The number of hydrogen-bond acceptors (Lipinski definition) is 6. The van der Waals surface area contributed by atoms with Gasteiger partial charge in [-0.25, -0.2) is 15.0 Å². The smallest absolute Gasteiger partial charge is 0.274 e. The number of pyridine rings is 1. The monoisotopic (exact) mass is 488 g/mol. The van der Waals surface area contributed by atoms with E-state index in [1.807, 2.05) is 87.7 Å². The van der Waals surface area contributed by atoms with Crippen molar-refractivity contribution in [2.24, 2.45) is 0 Å². The van der Waals surface area contributed by atoms with Gasteiger partial charge in [-0.3, -0.25) is 4.79 Å². The molecule has 0 saturated carbocycles. The highest BCUT2D eigenvalue weighted by Gasteiger charge is 2.12.